The van der Waals surface area contributed by atoms with Gasteiger partial charge in [-0.2, -0.15) is 9.13 Å². The molecule has 0 fully saturated rings. The third-order valence-corrected chi connectivity index (χ3v) is 7.43. The minimum absolute atomic E-state index is 0. The van der Waals surface area contributed by atoms with E-state index in [0.29, 0.717) is 0 Å². The first-order valence-corrected chi connectivity index (χ1v) is 12.4. The van der Waals surface area contributed by atoms with Crippen LogP contribution in [-0.4, -0.2) is 0 Å². The number of halogens is 2. The van der Waals surface area contributed by atoms with Crippen molar-refractivity contribution in [3.63, 3.8) is 0 Å². The van der Waals surface area contributed by atoms with Crippen LogP contribution < -0.4 is 43.1 Å². The number of aryl methyl sites for hydroxylation is 2. The van der Waals surface area contributed by atoms with Crippen LogP contribution in [0.1, 0.15) is 51.4 Å². The van der Waals surface area contributed by atoms with Gasteiger partial charge in [0.1, 0.15) is 22.5 Å². The summed E-state index contributed by atoms with van der Waals surface area (Å²) >= 11 is 3.71. The Morgan fingerprint density at radius 1 is 0.500 bits per heavy atom. The molecule has 0 saturated heterocycles. The van der Waals surface area contributed by atoms with Crippen molar-refractivity contribution in [3.8, 4) is 0 Å². The monoisotopic (exact) mass is 568 g/mol. The van der Waals surface area contributed by atoms with Crippen molar-refractivity contribution in [3.05, 3.63) is 59.6 Å². The molecule has 2 heterocycles. The van der Waals surface area contributed by atoms with Crippen molar-refractivity contribution in [2.45, 2.75) is 64.5 Å². The maximum Gasteiger partial charge on any atom is 0.225 e. The van der Waals surface area contributed by atoms with Gasteiger partial charge in [-0.1, -0.05) is 72.6 Å². The van der Waals surface area contributed by atoms with Crippen molar-refractivity contribution >= 4 is 43.1 Å². The molecule has 2 aromatic heterocycles. The highest BCUT2D eigenvalue weighted by Gasteiger charge is 2.11. The lowest BCUT2D eigenvalue weighted by molar-refractivity contribution is -0.667. The molecule has 2 aromatic carbocycles. The maximum atomic E-state index is 2.42. The Labute approximate surface area is 209 Å². The largest absolute Gasteiger partial charge is 1.00 e. The standard InChI is InChI=1S/C24H30N2S2.2BrH/c1(3-5-11-17-25-19-27-23-15-9-7-13-21(23)25)2-4-6-12-18-26-20-28-24-16-10-8-14-22(24)26;;/h7-10,13-16,19-20H,1-6,11-12,17-18H2;2*1H/q+2;;/p-2. The van der Waals surface area contributed by atoms with Crippen LogP contribution in [0.25, 0.3) is 20.4 Å². The molecule has 0 aliphatic rings. The number of nitrogens with zero attached hydrogens (tertiary/aromatic N) is 2. The first-order valence-electron chi connectivity index (χ1n) is 10.6. The van der Waals surface area contributed by atoms with E-state index in [2.05, 4.69) is 68.7 Å². The van der Waals surface area contributed by atoms with Gasteiger partial charge in [0, 0.05) is 25.0 Å². The molecule has 0 bridgehead atoms. The van der Waals surface area contributed by atoms with E-state index in [0.717, 1.165) is 13.1 Å². The molecule has 0 aliphatic carbocycles. The normalized spacial score (nSPS) is 10.8. The molecule has 0 amide bonds. The molecule has 162 valence electrons. The summed E-state index contributed by atoms with van der Waals surface area (Å²) in [5, 5.41) is 0. The van der Waals surface area contributed by atoms with Crippen LogP contribution in [0.3, 0.4) is 0 Å². The number of benzene rings is 2. The van der Waals surface area contributed by atoms with Crippen molar-refractivity contribution in [1.82, 2.24) is 0 Å². The Morgan fingerprint density at radius 3 is 1.30 bits per heavy atom. The van der Waals surface area contributed by atoms with Gasteiger partial charge in [0.2, 0.25) is 22.1 Å². The van der Waals surface area contributed by atoms with Gasteiger partial charge in [0.15, 0.2) is 0 Å². The molecule has 4 aromatic rings. The van der Waals surface area contributed by atoms with E-state index in [9.17, 15) is 0 Å². The molecule has 6 heteroatoms. The van der Waals surface area contributed by atoms with Gasteiger partial charge >= 0.3 is 0 Å². The van der Waals surface area contributed by atoms with E-state index in [1.165, 1.54) is 71.8 Å². The minimum Gasteiger partial charge on any atom is -1.00 e. The predicted molar refractivity (Wildman–Crippen MR) is 121 cm³/mol. The average molecular weight is 570 g/mol. The summed E-state index contributed by atoms with van der Waals surface area (Å²) in [6, 6.07) is 17.5. The molecule has 4 rings (SSSR count). The number of fused-ring (bicyclic) bond motifs is 2. The summed E-state index contributed by atoms with van der Waals surface area (Å²) < 4.78 is 7.64. The number of thiazole rings is 2. The quantitative estimate of drug-likeness (QED) is 0.184. The van der Waals surface area contributed by atoms with Crippen molar-refractivity contribution in [2.24, 2.45) is 0 Å². The molecule has 30 heavy (non-hydrogen) atoms. The number of rotatable bonds is 11. The molecule has 0 atom stereocenters. The van der Waals surface area contributed by atoms with Gasteiger partial charge < -0.3 is 34.0 Å². The third kappa shape index (κ3) is 6.84. The number of hydrogen-bond acceptors (Lipinski definition) is 2. The first kappa shape index (κ1) is 25.4. The van der Waals surface area contributed by atoms with Crippen LogP contribution in [0, 0.1) is 0 Å². The van der Waals surface area contributed by atoms with Gasteiger partial charge in [-0.15, -0.1) is 0 Å². The predicted octanol–water partition coefficient (Wildman–Crippen LogP) is 0.520. The summed E-state index contributed by atoms with van der Waals surface area (Å²) in [5.74, 6) is 0. The van der Waals surface area contributed by atoms with Crippen LogP contribution in [0.2, 0.25) is 0 Å². The molecule has 0 spiro atoms. The van der Waals surface area contributed by atoms with Gasteiger partial charge in [-0.3, -0.25) is 0 Å². The molecule has 0 aliphatic heterocycles. The van der Waals surface area contributed by atoms with E-state index in [4.69, 9.17) is 0 Å². The third-order valence-electron chi connectivity index (χ3n) is 5.51. The van der Waals surface area contributed by atoms with Crippen LogP contribution >= 0.6 is 22.7 Å². The summed E-state index contributed by atoms with van der Waals surface area (Å²) in [4.78, 5) is 0. The minimum atomic E-state index is 0. The zero-order valence-corrected chi connectivity index (χ0v) is 22.1. The summed E-state index contributed by atoms with van der Waals surface area (Å²) in [5.41, 5.74) is 7.34. The molecular weight excluding hydrogens is 540 g/mol. The molecule has 0 saturated carbocycles. The number of aromatic nitrogens is 2. The van der Waals surface area contributed by atoms with Crippen molar-refractivity contribution in [2.75, 3.05) is 0 Å². The molecule has 0 unspecified atom stereocenters. The lowest BCUT2D eigenvalue weighted by Crippen LogP contribution is -3.00. The zero-order chi connectivity index (χ0) is 19.0. The van der Waals surface area contributed by atoms with Gasteiger partial charge in [0.05, 0.1) is 0 Å². The number of hydrogen-bond donors (Lipinski definition) is 0. The number of para-hydroxylation sites is 2. The second-order valence-electron chi connectivity index (χ2n) is 7.60. The fourth-order valence-electron chi connectivity index (χ4n) is 3.91. The van der Waals surface area contributed by atoms with E-state index >= 15 is 0 Å². The second kappa shape index (κ2) is 13.6. The molecule has 2 nitrogen and oxygen atoms in total. The van der Waals surface area contributed by atoms with E-state index < -0.39 is 0 Å². The smallest absolute Gasteiger partial charge is 0.225 e. The lowest BCUT2D eigenvalue weighted by atomic mass is 10.1. The average Bonchev–Trinajstić information content (AvgIpc) is 3.34. The van der Waals surface area contributed by atoms with Crippen LogP contribution in [-0.2, 0) is 13.1 Å². The number of unbranched alkanes of at least 4 members (excludes halogenated alkanes) is 7. The summed E-state index contributed by atoms with van der Waals surface area (Å²) in [6.07, 6.45) is 10.9. The summed E-state index contributed by atoms with van der Waals surface area (Å²) in [7, 11) is 0. The van der Waals surface area contributed by atoms with Crippen molar-refractivity contribution < 1.29 is 43.1 Å². The SMILES string of the molecule is [Br-].[Br-].c1ccc2c(c1)sc[n+]2CCCCCCCCCC[n+]1csc2ccccc21. The highest BCUT2D eigenvalue weighted by Crippen LogP contribution is 2.17. The van der Waals surface area contributed by atoms with E-state index in [-0.39, 0.29) is 34.0 Å². The topological polar surface area (TPSA) is 7.76 Å². The van der Waals surface area contributed by atoms with Gasteiger partial charge in [-0.25, -0.2) is 0 Å². The van der Waals surface area contributed by atoms with Crippen LogP contribution in [0.15, 0.2) is 59.6 Å². The van der Waals surface area contributed by atoms with Gasteiger partial charge in [-0.05, 0) is 25.0 Å². The second-order valence-corrected chi connectivity index (χ2v) is 9.37. The fourth-order valence-corrected chi connectivity index (χ4v) is 5.76. The Hall–Kier alpha value is -0.820. The van der Waals surface area contributed by atoms with Crippen molar-refractivity contribution in [1.29, 1.82) is 0 Å². The Bertz CT molecular complexity index is 930. The maximum absolute atomic E-state index is 2.42. The Kier molecular flexibility index (Phi) is 11.5. The molecule has 0 radical (unpaired) electrons. The lowest BCUT2D eigenvalue weighted by Gasteiger charge is -2.01. The summed E-state index contributed by atoms with van der Waals surface area (Å²) in [6.45, 7) is 2.33. The zero-order valence-electron chi connectivity index (χ0n) is 17.3. The van der Waals surface area contributed by atoms with Gasteiger partial charge in [0.25, 0.3) is 0 Å². The van der Waals surface area contributed by atoms with Crippen LogP contribution in [0.4, 0.5) is 0 Å². The first-order chi connectivity index (χ1) is 13.9. The Balaban J connectivity index is 0.00000160. The highest BCUT2D eigenvalue weighted by molar-refractivity contribution is 7.16. The fraction of sp³-hybridized carbons (Fsp3) is 0.417. The molecule has 0 N–H and O–H groups in total. The highest BCUT2D eigenvalue weighted by atomic mass is 79.9. The Morgan fingerprint density at radius 2 is 0.867 bits per heavy atom. The van der Waals surface area contributed by atoms with E-state index in [1.54, 1.807) is 0 Å². The van der Waals surface area contributed by atoms with E-state index in [1.807, 2.05) is 22.7 Å². The molecular formula is C24H30Br2N2S2. The van der Waals surface area contributed by atoms with Crippen LogP contribution in [0.5, 0.6) is 0 Å².